The highest BCUT2D eigenvalue weighted by atomic mass is 15.2. The first-order valence-electron chi connectivity index (χ1n) is 4.69. The summed E-state index contributed by atoms with van der Waals surface area (Å²) in [5.41, 5.74) is 1.46. The molecule has 0 aromatic carbocycles. The number of hydrogen-bond acceptors (Lipinski definition) is 2. The van der Waals surface area contributed by atoms with Crippen LogP contribution in [0.5, 0.6) is 0 Å². The second-order valence-electron chi connectivity index (χ2n) is 4.48. The average molecular weight is 176 g/mol. The molecule has 0 spiro atoms. The third-order valence-electron chi connectivity index (χ3n) is 2.38. The first-order chi connectivity index (χ1) is 6.07. The Morgan fingerprint density at radius 3 is 2.69 bits per heavy atom. The van der Waals surface area contributed by atoms with E-state index in [0.29, 0.717) is 0 Å². The van der Waals surface area contributed by atoms with E-state index in [0.717, 1.165) is 6.54 Å². The predicted molar refractivity (Wildman–Crippen MR) is 54.7 cm³/mol. The summed E-state index contributed by atoms with van der Waals surface area (Å²) in [4.78, 5) is 4.48. The van der Waals surface area contributed by atoms with Crippen LogP contribution in [0.1, 0.15) is 20.8 Å². The van der Waals surface area contributed by atoms with Gasteiger partial charge in [0.1, 0.15) is 0 Å². The molecule has 0 unspecified atom stereocenters. The van der Waals surface area contributed by atoms with Crippen LogP contribution in [0.4, 0.5) is 0 Å². The van der Waals surface area contributed by atoms with E-state index in [1.807, 2.05) is 0 Å². The van der Waals surface area contributed by atoms with Crippen LogP contribution in [-0.2, 0) is 0 Å². The van der Waals surface area contributed by atoms with Crippen LogP contribution in [-0.4, -0.2) is 21.9 Å². The Labute approximate surface area is 79.8 Å². The van der Waals surface area contributed by atoms with E-state index in [9.17, 15) is 0 Å². The molecule has 2 nitrogen and oxygen atoms in total. The zero-order valence-corrected chi connectivity index (χ0v) is 8.49. The van der Waals surface area contributed by atoms with Crippen molar-refractivity contribution in [2.24, 2.45) is 0 Å². The Morgan fingerprint density at radius 1 is 1.23 bits per heavy atom. The molecule has 0 saturated heterocycles. The lowest BCUT2D eigenvalue weighted by molar-refractivity contribution is 0.263. The van der Waals surface area contributed by atoms with Crippen molar-refractivity contribution in [3.63, 3.8) is 0 Å². The first-order valence-corrected chi connectivity index (χ1v) is 4.69. The molecule has 2 heteroatoms. The number of rotatable bonds is 0. The summed E-state index contributed by atoms with van der Waals surface area (Å²) in [5.74, 6) is 0. The van der Waals surface area contributed by atoms with Crippen molar-refractivity contribution in [3.05, 3.63) is 36.4 Å². The second kappa shape index (κ2) is 2.66. The summed E-state index contributed by atoms with van der Waals surface area (Å²) >= 11 is 0. The van der Waals surface area contributed by atoms with Crippen molar-refractivity contribution in [2.75, 3.05) is 6.54 Å². The fourth-order valence-corrected chi connectivity index (χ4v) is 1.51. The van der Waals surface area contributed by atoms with Gasteiger partial charge in [0.2, 0.25) is 0 Å². The molecule has 0 atom stereocenters. The molecular formula is C11H16N2. The molecule has 2 rings (SSSR count). The van der Waals surface area contributed by atoms with Gasteiger partial charge < -0.3 is 9.80 Å². The highest BCUT2D eigenvalue weighted by molar-refractivity contribution is 5.29. The van der Waals surface area contributed by atoms with Crippen LogP contribution in [0.15, 0.2) is 36.4 Å². The SMILES string of the molecule is CC(C)(C)N1C=CN2CC=CC2=C1. The summed E-state index contributed by atoms with van der Waals surface area (Å²) in [6.45, 7) is 7.65. The Kier molecular flexibility index (Phi) is 1.72. The fourth-order valence-electron chi connectivity index (χ4n) is 1.51. The van der Waals surface area contributed by atoms with E-state index in [-0.39, 0.29) is 5.54 Å². The Bertz CT molecular complexity index is 292. The van der Waals surface area contributed by atoms with Crippen molar-refractivity contribution in [2.45, 2.75) is 26.3 Å². The highest BCUT2D eigenvalue weighted by Crippen LogP contribution is 2.24. The molecule has 0 fully saturated rings. The maximum absolute atomic E-state index is 2.24. The summed E-state index contributed by atoms with van der Waals surface area (Å²) in [6, 6.07) is 0. The molecule has 0 N–H and O–H groups in total. The molecule has 0 amide bonds. The van der Waals surface area contributed by atoms with Gasteiger partial charge in [-0.25, -0.2) is 0 Å². The maximum Gasteiger partial charge on any atom is 0.0572 e. The summed E-state index contributed by atoms with van der Waals surface area (Å²) in [7, 11) is 0. The minimum atomic E-state index is 0.173. The molecule has 0 aromatic heterocycles. The van der Waals surface area contributed by atoms with Crippen molar-refractivity contribution in [3.8, 4) is 0 Å². The molecule has 70 valence electrons. The molecule has 0 aromatic rings. The summed E-state index contributed by atoms with van der Waals surface area (Å²) < 4.78 is 0. The van der Waals surface area contributed by atoms with Crippen LogP contribution in [0.25, 0.3) is 0 Å². The molecule has 13 heavy (non-hydrogen) atoms. The van der Waals surface area contributed by atoms with Crippen molar-refractivity contribution >= 4 is 0 Å². The zero-order valence-electron chi connectivity index (χ0n) is 8.49. The van der Waals surface area contributed by atoms with Gasteiger partial charge in [0.25, 0.3) is 0 Å². The third kappa shape index (κ3) is 1.48. The molecule has 0 saturated carbocycles. The average Bonchev–Trinajstić information content (AvgIpc) is 2.47. The van der Waals surface area contributed by atoms with Crippen molar-refractivity contribution in [1.82, 2.24) is 9.80 Å². The smallest absolute Gasteiger partial charge is 0.0572 e. The van der Waals surface area contributed by atoms with Crippen molar-refractivity contribution < 1.29 is 0 Å². The maximum atomic E-state index is 2.24. The zero-order chi connectivity index (χ0) is 9.47. The standard InChI is InChI=1S/C11H16N2/c1-11(2,3)13-8-7-12-6-4-5-10(12)9-13/h4-5,7-9H,6H2,1-3H3. The van der Waals surface area contributed by atoms with E-state index < -0.39 is 0 Å². The number of allylic oxidation sites excluding steroid dienone is 1. The molecule has 0 aliphatic carbocycles. The van der Waals surface area contributed by atoms with E-state index >= 15 is 0 Å². The molecule has 0 bridgehead atoms. The van der Waals surface area contributed by atoms with E-state index in [2.05, 4.69) is 61.3 Å². The normalized spacial score (nSPS) is 20.7. The Balaban J connectivity index is 2.23. The van der Waals surface area contributed by atoms with Gasteiger partial charge in [0, 0.05) is 30.7 Å². The van der Waals surface area contributed by atoms with Gasteiger partial charge in [0.05, 0.1) is 5.70 Å². The van der Waals surface area contributed by atoms with Crippen LogP contribution >= 0.6 is 0 Å². The van der Waals surface area contributed by atoms with Crippen LogP contribution < -0.4 is 0 Å². The lowest BCUT2D eigenvalue weighted by Gasteiger charge is -2.35. The van der Waals surface area contributed by atoms with Crippen molar-refractivity contribution in [1.29, 1.82) is 0 Å². The minimum absolute atomic E-state index is 0.173. The third-order valence-corrected chi connectivity index (χ3v) is 2.38. The molecule has 2 heterocycles. The van der Waals surface area contributed by atoms with Crippen LogP contribution in [0.3, 0.4) is 0 Å². The van der Waals surface area contributed by atoms with Crippen LogP contribution in [0.2, 0.25) is 0 Å². The minimum Gasteiger partial charge on any atom is -0.346 e. The number of hydrogen-bond donors (Lipinski definition) is 0. The topological polar surface area (TPSA) is 6.48 Å². The molecule has 0 radical (unpaired) electrons. The summed E-state index contributed by atoms with van der Waals surface area (Å²) in [5, 5.41) is 0. The van der Waals surface area contributed by atoms with Gasteiger partial charge in [-0.3, -0.25) is 0 Å². The largest absolute Gasteiger partial charge is 0.346 e. The quantitative estimate of drug-likeness (QED) is 0.558. The van der Waals surface area contributed by atoms with Gasteiger partial charge in [0.15, 0.2) is 0 Å². The molecule has 2 aliphatic heterocycles. The Hall–Kier alpha value is -1.18. The van der Waals surface area contributed by atoms with Gasteiger partial charge in [-0.15, -0.1) is 0 Å². The monoisotopic (exact) mass is 176 g/mol. The van der Waals surface area contributed by atoms with E-state index in [4.69, 9.17) is 0 Å². The summed E-state index contributed by atoms with van der Waals surface area (Å²) in [6.07, 6.45) is 10.8. The lowest BCUT2D eigenvalue weighted by Crippen LogP contribution is -2.36. The number of nitrogens with zero attached hydrogens (tertiary/aromatic N) is 2. The van der Waals surface area contributed by atoms with E-state index in [1.54, 1.807) is 0 Å². The molecule has 2 aliphatic rings. The highest BCUT2D eigenvalue weighted by Gasteiger charge is 2.21. The first kappa shape index (κ1) is 8.42. The Morgan fingerprint density at radius 2 is 2.00 bits per heavy atom. The van der Waals surface area contributed by atoms with Gasteiger partial charge in [-0.2, -0.15) is 0 Å². The molecular weight excluding hydrogens is 160 g/mol. The van der Waals surface area contributed by atoms with Gasteiger partial charge in [-0.05, 0) is 26.8 Å². The predicted octanol–water partition coefficient (Wildman–Crippen LogP) is 2.28. The van der Waals surface area contributed by atoms with E-state index in [1.165, 1.54) is 5.70 Å². The van der Waals surface area contributed by atoms with Gasteiger partial charge in [-0.1, -0.05) is 6.08 Å². The number of fused-ring (bicyclic) bond motifs is 1. The second-order valence-corrected chi connectivity index (χ2v) is 4.48. The van der Waals surface area contributed by atoms with Gasteiger partial charge >= 0.3 is 0 Å². The fraction of sp³-hybridized carbons (Fsp3) is 0.455. The van der Waals surface area contributed by atoms with Crippen LogP contribution in [0, 0.1) is 0 Å². The lowest BCUT2D eigenvalue weighted by atomic mass is 10.1.